The van der Waals surface area contributed by atoms with E-state index in [2.05, 4.69) is 20.7 Å². The van der Waals surface area contributed by atoms with Gasteiger partial charge in [0.1, 0.15) is 0 Å². The molecule has 0 spiro atoms. The van der Waals surface area contributed by atoms with Gasteiger partial charge in [0, 0.05) is 20.2 Å². The summed E-state index contributed by atoms with van der Waals surface area (Å²) >= 11 is 0. The number of carbonyl (C=O) groups excluding carboxylic acids is 1. The predicted octanol–water partition coefficient (Wildman–Crippen LogP) is 3.65. The normalized spacial score (nSPS) is 15.0. The minimum Gasteiger partial charge on any atom is -0.338 e. The zero-order valence-electron chi connectivity index (χ0n) is 14.7. The minimum absolute atomic E-state index is 0. The third-order valence-corrected chi connectivity index (χ3v) is 4.43. The van der Waals surface area contributed by atoms with Gasteiger partial charge in [-0.1, -0.05) is 6.07 Å². The fourth-order valence-electron chi connectivity index (χ4n) is 3.03. The molecule has 0 unspecified atom stereocenters. The van der Waals surface area contributed by atoms with Crippen LogP contribution in [-0.4, -0.2) is 38.6 Å². The Labute approximate surface area is 159 Å². The number of rotatable bonds is 4. The maximum absolute atomic E-state index is 12.7. The number of aromatic nitrogens is 3. The van der Waals surface area contributed by atoms with Crippen molar-refractivity contribution < 1.29 is 19.4 Å². The Morgan fingerprint density at radius 2 is 1.96 bits per heavy atom. The molecule has 148 valence electrons. The van der Waals surface area contributed by atoms with E-state index in [4.69, 9.17) is 0 Å². The molecule has 1 aromatic carbocycles. The van der Waals surface area contributed by atoms with Gasteiger partial charge in [0.15, 0.2) is 5.65 Å². The van der Waals surface area contributed by atoms with Gasteiger partial charge in [-0.2, -0.15) is 18.2 Å². The number of pyridine rings is 1. The highest BCUT2D eigenvalue weighted by Crippen LogP contribution is 2.30. The number of amides is 2. The molecule has 1 fully saturated rings. The van der Waals surface area contributed by atoms with Crippen molar-refractivity contribution in [3.8, 4) is 0 Å². The van der Waals surface area contributed by atoms with E-state index in [1.165, 1.54) is 12.1 Å². The first-order valence-electron chi connectivity index (χ1n) is 8.72. The van der Waals surface area contributed by atoms with Crippen molar-refractivity contribution in [2.24, 2.45) is 0 Å². The van der Waals surface area contributed by atoms with Crippen LogP contribution in [0, 0.1) is 0 Å². The van der Waals surface area contributed by atoms with Crippen LogP contribution in [0.15, 0.2) is 42.5 Å². The lowest BCUT2D eigenvalue weighted by molar-refractivity contribution is -0.137. The number of benzene rings is 1. The molecule has 1 saturated heterocycles. The van der Waals surface area contributed by atoms with Crippen molar-refractivity contribution in [2.75, 3.05) is 18.4 Å². The largest absolute Gasteiger partial charge is 0.416 e. The number of halogens is 3. The van der Waals surface area contributed by atoms with Crippen molar-refractivity contribution in [3.63, 3.8) is 0 Å². The van der Waals surface area contributed by atoms with Crippen LogP contribution in [0.2, 0.25) is 0 Å². The van der Waals surface area contributed by atoms with Gasteiger partial charge in [-0.3, -0.25) is 0 Å². The van der Waals surface area contributed by atoms with E-state index in [1.807, 2.05) is 12.1 Å². The van der Waals surface area contributed by atoms with E-state index < -0.39 is 11.7 Å². The molecule has 0 bridgehead atoms. The van der Waals surface area contributed by atoms with Gasteiger partial charge in [0.25, 0.3) is 0 Å². The average Bonchev–Trinajstić information content (AvgIpc) is 3.07. The molecule has 3 aromatic rings. The summed E-state index contributed by atoms with van der Waals surface area (Å²) in [4.78, 5) is 18.0. The van der Waals surface area contributed by atoms with E-state index in [-0.39, 0.29) is 13.4 Å². The highest BCUT2D eigenvalue weighted by molar-refractivity contribution is 5.74. The third kappa shape index (κ3) is 3.71. The Morgan fingerprint density at radius 3 is 2.68 bits per heavy atom. The van der Waals surface area contributed by atoms with Crippen LogP contribution in [0.25, 0.3) is 5.65 Å². The number of nitrogens with one attached hydrogen (secondary N) is 2. The molecule has 10 heteroatoms. The first kappa shape index (κ1) is 18.1. The van der Waals surface area contributed by atoms with Crippen LogP contribution in [0.3, 0.4) is 0 Å². The fraction of sp³-hybridized carbons (Fsp3) is 0.278. The Morgan fingerprint density at radius 1 is 1.18 bits per heavy atom. The maximum Gasteiger partial charge on any atom is 0.416 e. The summed E-state index contributed by atoms with van der Waals surface area (Å²) in [5.74, 6) is 0.260. The van der Waals surface area contributed by atoms with E-state index in [0.717, 1.165) is 24.2 Å². The summed E-state index contributed by atoms with van der Waals surface area (Å²) in [6.07, 6.45) is -3.50. The van der Waals surface area contributed by atoms with Crippen molar-refractivity contribution >= 4 is 23.3 Å². The number of fused-ring (bicyclic) bond motifs is 1. The molecular formula is C18H19F3N6O. The molecule has 1 aliphatic rings. The monoisotopic (exact) mass is 392 g/mol. The first-order valence-corrected chi connectivity index (χ1v) is 8.72. The van der Waals surface area contributed by atoms with Gasteiger partial charge in [-0.05, 0) is 42.8 Å². The summed E-state index contributed by atoms with van der Waals surface area (Å²) < 4.78 is 39.6. The minimum atomic E-state index is -4.38. The van der Waals surface area contributed by atoms with E-state index in [9.17, 15) is 18.0 Å². The van der Waals surface area contributed by atoms with E-state index in [0.29, 0.717) is 31.0 Å². The molecule has 2 amide bonds. The number of hydrogen-bond acceptors (Lipinski definition) is 4. The summed E-state index contributed by atoms with van der Waals surface area (Å²) in [6.45, 7) is 1.71. The molecule has 0 radical (unpaired) electrons. The van der Waals surface area contributed by atoms with Crippen molar-refractivity contribution in [1.82, 2.24) is 24.8 Å². The lowest BCUT2D eigenvalue weighted by Crippen LogP contribution is -2.46. The highest BCUT2D eigenvalue weighted by atomic mass is 19.4. The third-order valence-electron chi connectivity index (χ3n) is 4.43. The molecule has 0 atom stereocenters. The average molecular weight is 392 g/mol. The molecule has 4 rings (SSSR count). The quantitative estimate of drug-likeness (QED) is 0.711. The lowest BCUT2D eigenvalue weighted by atomic mass is 10.2. The van der Waals surface area contributed by atoms with Crippen LogP contribution in [0.5, 0.6) is 0 Å². The molecule has 0 aliphatic carbocycles. The zero-order chi connectivity index (χ0) is 19.7. The van der Waals surface area contributed by atoms with Crippen LogP contribution in [-0.2, 0) is 12.7 Å². The van der Waals surface area contributed by atoms with Gasteiger partial charge >= 0.3 is 12.2 Å². The number of urea groups is 1. The number of anilines is 2. The molecule has 1 aliphatic heterocycles. The number of nitrogens with zero attached hydrogens (tertiary/aromatic N) is 4. The summed E-state index contributed by atoms with van der Waals surface area (Å²) in [6, 6.07) is 9.98. The zero-order valence-corrected chi connectivity index (χ0v) is 14.7. The van der Waals surface area contributed by atoms with Gasteiger partial charge < -0.3 is 15.5 Å². The summed E-state index contributed by atoms with van der Waals surface area (Å²) in [5.41, 5.74) is 1.08. The fourth-order valence-corrected chi connectivity index (χ4v) is 3.03. The first-order chi connectivity index (χ1) is 13.4. The molecular weight excluding hydrogens is 373 g/mol. The summed E-state index contributed by atoms with van der Waals surface area (Å²) in [7, 11) is 0. The standard InChI is InChI=1S/C18H17F3N6O.H2/c19-18(20,21)12-5-7-13(8-6-12)23-16-24-15-4-1-3-14(27(15)25-16)11-26-10-2-9-22-17(26)28;/h1,3-8H,2,9-11H2,(H,22,28)(H,23,25);1H. The molecule has 0 saturated carbocycles. The van der Waals surface area contributed by atoms with Crippen molar-refractivity contribution in [3.05, 3.63) is 53.7 Å². The van der Waals surface area contributed by atoms with E-state index in [1.54, 1.807) is 15.5 Å². The molecule has 2 aromatic heterocycles. The smallest absolute Gasteiger partial charge is 0.338 e. The number of carbonyl (C=O) groups is 1. The second kappa shape index (κ2) is 7.02. The second-order valence-corrected chi connectivity index (χ2v) is 6.43. The van der Waals surface area contributed by atoms with Gasteiger partial charge in [0.2, 0.25) is 5.95 Å². The Bertz CT molecular complexity index is 1000. The molecule has 3 heterocycles. The Hall–Kier alpha value is -3.30. The molecule has 28 heavy (non-hydrogen) atoms. The SMILES string of the molecule is O=C1NCCCN1Cc1cccc2nc(Nc3ccc(C(F)(F)F)cc3)nn12.[HH]. The highest BCUT2D eigenvalue weighted by Gasteiger charge is 2.30. The predicted molar refractivity (Wildman–Crippen MR) is 98.3 cm³/mol. The van der Waals surface area contributed by atoms with Gasteiger partial charge in [0.05, 0.1) is 17.8 Å². The van der Waals surface area contributed by atoms with Crippen LogP contribution in [0.1, 0.15) is 19.1 Å². The second-order valence-electron chi connectivity index (χ2n) is 6.43. The Balaban J connectivity index is 0.00000240. The van der Waals surface area contributed by atoms with Crippen molar-refractivity contribution in [2.45, 2.75) is 19.1 Å². The molecule has 7 nitrogen and oxygen atoms in total. The number of alkyl halides is 3. The maximum atomic E-state index is 12.7. The van der Waals surface area contributed by atoms with Crippen LogP contribution >= 0.6 is 0 Å². The number of hydrogen-bond donors (Lipinski definition) is 2. The van der Waals surface area contributed by atoms with E-state index >= 15 is 0 Å². The van der Waals surface area contributed by atoms with Crippen LogP contribution < -0.4 is 10.6 Å². The lowest BCUT2D eigenvalue weighted by Gasteiger charge is -2.27. The summed E-state index contributed by atoms with van der Waals surface area (Å²) in [5, 5.41) is 10.1. The van der Waals surface area contributed by atoms with Gasteiger partial charge in [-0.15, -0.1) is 5.10 Å². The molecule has 2 N–H and O–H groups in total. The van der Waals surface area contributed by atoms with Crippen molar-refractivity contribution in [1.29, 1.82) is 0 Å². The topological polar surface area (TPSA) is 74.6 Å². The van der Waals surface area contributed by atoms with Crippen LogP contribution in [0.4, 0.5) is 29.6 Å². The Kier molecular flexibility index (Phi) is 4.54. The van der Waals surface area contributed by atoms with Gasteiger partial charge in [-0.25, -0.2) is 9.31 Å².